The monoisotopic (exact) mass is 609 g/mol. The lowest BCUT2D eigenvalue weighted by Gasteiger charge is -2.12. The lowest BCUT2D eigenvalue weighted by atomic mass is 9.95. The maximum atomic E-state index is 15.5. The molecule has 2 aromatic carbocycles. The van der Waals surface area contributed by atoms with E-state index >= 15 is 4.39 Å². The van der Waals surface area contributed by atoms with Gasteiger partial charge < -0.3 is 15.8 Å². The summed E-state index contributed by atoms with van der Waals surface area (Å²) in [6.45, 7) is 5.81. The van der Waals surface area contributed by atoms with E-state index in [2.05, 4.69) is 31.9 Å². The summed E-state index contributed by atoms with van der Waals surface area (Å²) in [6, 6.07) is 10.3. The van der Waals surface area contributed by atoms with E-state index in [0.717, 1.165) is 49.8 Å². The highest BCUT2D eigenvalue weighted by Gasteiger charge is 2.24. The average Bonchev–Trinajstić information content (AvgIpc) is 3.63. The molecule has 44 heavy (non-hydrogen) atoms. The number of nitrogens with one attached hydrogen (secondary N) is 1. The third kappa shape index (κ3) is 5.50. The van der Waals surface area contributed by atoms with Crippen LogP contribution < -0.4 is 15.8 Å². The van der Waals surface area contributed by atoms with Gasteiger partial charge in [0, 0.05) is 57.6 Å². The van der Waals surface area contributed by atoms with Crippen LogP contribution in [0.4, 0.5) is 14.6 Å². The topological polar surface area (TPSA) is 121 Å². The van der Waals surface area contributed by atoms with Gasteiger partial charge in [-0.1, -0.05) is 30.8 Å². The largest absolute Gasteiger partial charge is 0.421 e. The lowest BCUT2D eigenvalue weighted by Crippen LogP contribution is -2.19. The summed E-state index contributed by atoms with van der Waals surface area (Å²) in [4.78, 5) is 24.6. The molecule has 0 radical (unpaired) electrons. The number of rotatable bonds is 8. The number of nitrogens with zero attached hydrogens (tertiary/aromatic N) is 5. The van der Waals surface area contributed by atoms with Crippen molar-refractivity contribution in [3.8, 4) is 44.5 Å². The summed E-state index contributed by atoms with van der Waals surface area (Å²) in [5.74, 6) is -1.38. The molecule has 1 amide bonds. The van der Waals surface area contributed by atoms with Gasteiger partial charge in [-0.05, 0) is 47.4 Å². The number of fused-ring (bicyclic) bond motifs is 1. The van der Waals surface area contributed by atoms with E-state index in [1.807, 2.05) is 38.4 Å². The molecule has 220 valence electrons. The van der Waals surface area contributed by atoms with Crippen molar-refractivity contribution in [3.63, 3.8) is 0 Å². The Hall–Kier alpha value is -5.49. The summed E-state index contributed by atoms with van der Waals surface area (Å²) < 4.78 is 36.8. The highest BCUT2D eigenvalue weighted by molar-refractivity contribution is 7.23. The summed E-state index contributed by atoms with van der Waals surface area (Å²) in [5.41, 5.74) is 12.3. The second-order valence-electron chi connectivity index (χ2n) is 9.97. The van der Waals surface area contributed by atoms with Gasteiger partial charge in [0.05, 0.1) is 18.6 Å². The third-order valence-corrected chi connectivity index (χ3v) is 8.22. The van der Waals surface area contributed by atoms with E-state index in [1.54, 1.807) is 23.1 Å². The number of thiophene rings is 1. The zero-order valence-electron chi connectivity index (χ0n) is 23.6. The van der Waals surface area contributed by atoms with E-state index in [4.69, 9.17) is 10.5 Å². The number of carbonyl (C=O) groups is 1. The Morgan fingerprint density at radius 2 is 1.86 bits per heavy atom. The molecule has 6 rings (SSSR count). The minimum atomic E-state index is -0.666. The molecule has 3 N–H and O–H groups in total. The molecule has 6 aromatic rings. The zero-order valence-corrected chi connectivity index (χ0v) is 24.5. The van der Waals surface area contributed by atoms with Gasteiger partial charge in [-0.15, -0.1) is 11.3 Å². The Labute approximate surface area is 254 Å². The first-order valence-corrected chi connectivity index (χ1v) is 14.2. The molecule has 0 saturated carbocycles. The molecule has 4 heterocycles. The molecule has 0 saturated heterocycles. The molecule has 0 aliphatic heterocycles. The molecule has 4 aromatic heterocycles. The number of nitrogens with two attached hydrogens (primary N) is 1. The quantitative estimate of drug-likeness (QED) is 0.187. The van der Waals surface area contributed by atoms with Crippen LogP contribution in [0.2, 0.25) is 0 Å². The van der Waals surface area contributed by atoms with Crippen molar-refractivity contribution in [1.82, 2.24) is 30.0 Å². The number of anilines is 1. The SMILES string of the molecule is C=CC(=O)NCc1ccc(-c2sc3c(-c4cnn(C)c4)cnc(N)c3c2-c2ccc(Oc3ncc(F)cn3)c(F)c2)c(C)c1. The third-order valence-electron chi connectivity index (χ3n) is 6.96. The predicted molar refractivity (Wildman–Crippen MR) is 166 cm³/mol. The van der Waals surface area contributed by atoms with E-state index in [9.17, 15) is 9.18 Å². The first-order valence-electron chi connectivity index (χ1n) is 13.4. The number of nitrogen functional groups attached to an aromatic ring is 1. The molecule has 0 atom stereocenters. The highest BCUT2D eigenvalue weighted by atomic mass is 32.1. The number of pyridine rings is 1. The highest BCUT2D eigenvalue weighted by Crippen LogP contribution is 2.50. The van der Waals surface area contributed by atoms with Gasteiger partial charge in [0.15, 0.2) is 17.4 Å². The van der Waals surface area contributed by atoms with Crippen molar-refractivity contribution in [1.29, 1.82) is 0 Å². The van der Waals surface area contributed by atoms with Crippen LogP contribution in [0.3, 0.4) is 0 Å². The first kappa shape index (κ1) is 28.6. The van der Waals surface area contributed by atoms with Crippen molar-refractivity contribution in [2.45, 2.75) is 13.5 Å². The van der Waals surface area contributed by atoms with Gasteiger partial charge in [0.2, 0.25) is 5.91 Å². The van der Waals surface area contributed by atoms with E-state index < -0.39 is 11.6 Å². The second-order valence-corrected chi connectivity index (χ2v) is 11.0. The second kappa shape index (κ2) is 11.7. The van der Waals surface area contributed by atoms with Crippen LogP contribution in [0.15, 0.2) is 80.0 Å². The molecule has 0 fully saturated rings. The maximum absolute atomic E-state index is 15.5. The molecule has 12 heteroatoms. The van der Waals surface area contributed by atoms with Crippen LogP contribution in [0.1, 0.15) is 11.1 Å². The van der Waals surface area contributed by atoms with Gasteiger partial charge in [-0.3, -0.25) is 9.48 Å². The molecule has 0 bridgehead atoms. The van der Waals surface area contributed by atoms with Crippen molar-refractivity contribution < 1.29 is 18.3 Å². The fourth-order valence-corrected chi connectivity index (χ4v) is 6.35. The number of halogens is 2. The van der Waals surface area contributed by atoms with Gasteiger partial charge in [-0.25, -0.2) is 23.7 Å². The molecule has 0 aliphatic rings. The van der Waals surface area contributed by atoms with Crippen LogP contribution in [-0.2, 0) is 18.4 Å². The summed E-state index contributed by atoms with van der Waals surface area (Å²) >= 11 is 1.52. The fourth-order valence-electron chi connectivity index (χ4n) is 4.90. The molecular weight excluding hydrogens is 584 g/mol. The molecular formula is C32H25F2N7O2S. The Kier molecular flexibility index (Phi) is 7.58. The predicted octanol–water partition coefficient (Wildman–Crippen LogP) is 6.58. The molecule has 0 aliphatic carbocycles. The Balaban J connectivity index is 1.51. The minimum Gasteiger partial charge on any atom is -0.421 e. The number of hydrogen-bond donors (Lipinski definition) is 2. The number of ether oxygens (including phenoxy) is 1. The summed E-state index contributed by atoms with van der Waals surface area (Å²) in [5, 5.41) is 7.80. The van der Waals surface area contributed by atoms with Gasteiger partial charge in [-0.2, -0.15) is 5.10 Å². The van der Waals surface area contributed by atoms with E-state index in [0.29, 0.717) is 28.9 Å². The molecule has 0 unspecified atom stereocenters. The van der Waals surface area contributed by atoms with Crippen LogP contribution >= 0.6 is 11.3 Å². The number of hydrogen-bond acceptors (Lipinski definition) is 8. The Morgan fingerprint density at radius 1 is 1.07 bits per heavy atom. The first-order chi connectivity index (χ1) is 21.2. The summed E-state index contributed by atoms with van der Waals surface area (Å²) in [7, 11) is 1.84. The number of carbonyl (C=O) groups excluding carboxylic acids is 1. The van der Waals surface area contributed by atoms with Crippen LogP contribution in [0.5, 0.6) is 11.8 Å². The van der Waals surface area contributed by atoms with Crippen LogP contribution in [0.25, 0.3) is 42.8 Å². The number of aryl methyl sites for hydroxylation is 2. The van der Waals surface area contributed by atoms with Crippen LogP contribution in [-0.4, -0.2) is 30.6 Å². The standard InChI is InChI=1S/C32H25F2N7O2S/c1-4-26(42)36-11-18-5-7-22(17(2)9-18)29-27(19-6-8-25(24(34)10-19)43-32-38-13-21(33)14-39-32)28-30(44-29)23(15-37-31(28)35)20-12-40-41(3)16-20/h4-10,12-16H,1,11H2,2-3H3,(H2,35,37)(H,36,42). The minimum absolute atomic E-state index is 0.120. The van der Waals surface area contributed by atoms with Crippen molar-refractivity contribution >= 4 is 33.1 Å². The van der Waals surface area contributed by atoms with Crippen molar-refractivity contribution in [3.05, 3.63) is 103 Å². The van der Waals surface area contributed by atoms with Gasteiger partial charge in [0.25, 0.3) is 0 Å². The Bertz CT molecular complexity index is 2050. The Morgan fingerprint density at radius 3 is 2.55 bits per heavy atom. The van der Waals surface area contributed by atoms with E-state index in [-0.39, 0.29) is 17.7 Å². The van der Waals surface area contributed by atoms with Crippen molar-refractivity contribution in [2.75, 3.05) is 5.73 Å². The normalized spacial score (nSPS) is 11.1. The average molecular weight is 610 g/mol. The number of benzene rings is 2. The zero-order chi connectivity index (χ0) is 31.0. The van der Waals surface area contributed by atoms with Crippen molar-refractivity contribution in [2.24, 2.45) is 7.05 Å². The lowest BCUT2D eigenvalue weighted by molar-refractivity contribution is -0.116. The number of aromatic nitrogens is 5. The van der Waals surface area contributed by atoms with E-state index in [1.165, 1.54) is 29.5 Å². The maximum Gasteiger partial charge on any atom is 0.322 e. The molecule has 9 nitrogen and oxygen atoms in total. The van der Waals surface area contributed by atoms with Gasteiger partial charge in [0.1, 0.15) is 5.82 Å². The fraction of sp³-hybridized carbons (Fsp3) is 0.0938. The van der Waals surface area contributed by atoms with Gasteiger partial charge >= 0.3 is 6.01 Å². The smallest absolute Gasteiger partial charge is 0.322 e. The molecule has 0 spiro atoms. The number of amides is 1. The summed E-state index contributed by atoms with van der Waals surface area (Å²) in [6.07, 6.45) is 8.48. The van der Waals surface area contributed by atoms with Crippen LogP contribution in [0, 0.1) is 18.6 Å².